The second kappa shape index (κ2) is 10.5. The number of amides is 1. The normalized spacial score (nSPS) is 15.8. The van der Waals surface area contributed by atoms with Crippen LogP contribution in [0, 0.1) is 5.41 Å². The molecule has 0 atom stereocenters. The van der Waals surface area contributed by atoms with Crippen LogP contribution in [0.3, 0.4) is 0 Å². The minimum atomic E-state index is -0.419. The Bertz CT molecular complexity index is 643. The van der Waals surface area contributed by atoms with Crippen molar-refractivity contribution >= 4 is 18.3 Å². The fourth-order valence-corrected chi connectivity index (χ4v) is 3.80. The van der Waals surface area contributed by atoms with E-state index in [-0.39, 0.29) is 24.2 Å². The molecule has 1 heterocycles. The highest BCUT2D eigenvalue weighted by molar-refractivity contribution is 5.85. The third kappa shape index (κ3) is 5.32. The van der Waals surface area contributed by atoms with Crippen molar-refractivity contribution in [3.8, 4) is 0 Å². The molecule has 27 heavy (non-hydrogen) atoms. The largest absolute Gasteiger partial charge is 0.384 e. The van der Waals surface area contributed by atoms with Gasteiger partial charge in [0.25, 0.3) is 0 Å². The van der Waals surface area contributed by atoms with Gasteiger partial charge in [-0.3, -0.25) is 4.79 Å². The Morgan fingerprint density at radius 3 is 2.04 bits per heavy atom. The molecule has 1 aliphatic heterocycles. The van der Waals surface area contributed by atoms with Gasteiger partial charge < -0.3 is 15.4 Å². The minimum Gasteiger partial charge on any atom is -0.384 e. The maximum atomic E-state index is 13.1. The number of rotatable bonds is 7. The van der Waals surface area contributed by atoms with Crippen LogP contribution in [0.15, 0.2) is 60.7 Å². The van der Waals surface area contributed by atoms with E-state index in [9.17, 15) is 4.79 Å². The Morgan fingerprint density at radius 2 is 1.56 bits per heavy atom. The van der Waals surface area contributed by atoms with Crippen LogP contribution in [0.4, 0.5) is 0 Å². The van der Waals surface area contributed by atoms with Gasteiger partial charge >= 0.3 is 0 Å². The van der Waals surface area contributed by atoms with E-state index in [1.165, 1.54) is 11.1 Å². The molecular formula is C22H29ClN2O2. The van der Waals surface area contributed by atoms with Crippen LogP contribution in [0.25, 0.3) is 0 Å². The number of halogens is 1. The van der Waals surface area contributed by atoms with E-state index in [2.05, 4.69) is 34.9 Å². The molecule has 0 saturated carbocycles. The molecule has 2 aromatic rings. The van der Waals surface area contributed by atoms with Crippen LogP contribution in [0.5, 0.6) is 0 Å². The summed E-state index contributed by atoms with van der Waals surface area (Å²) < 4.78 is 5.39. The summed E-state index contributed by atoms with van der Waals surface area (Å²) in [6.45, 7) is 2.78. The third-order valence-electron chi connectivity index (χ3n) is 5.33. The summed E-state index contributed by atoms with van der Waals surface area (Å²) in [6.07, 6.45) is 1.63. The predicted octanol–water partition coefficient (Wildman–Crippen LogP) is 3.37. The predicted molar refractivity (Wildman–Crippen MR) is 111 cm³/mol. The smallest absolute Gasteiger partial charge is 0.228 e. The molecule has 0 radical (unpaired) electrons. The van der Waals surface area contributed by atoms with E-state index in [0.29, 0.717) is 13.2 Å². The lowest BCUT2D eigenvalue weighted by atomic mass is 9.78. The van der Waals surface area contributed by atoms with Crippen LogP contribution in [-0.2, 0) is 9.53 Å². The third-order valence-corrected chi connectivity index (χ3v) is 5.33. The average molecular weight is 389 g/mol. The molecule has 3 rings (SSSR count). The number of piperidine rings is 1. The van der Waals surface area contributed by atoms with Crippen molar-refractivity contribution in [3.05, 3.63) is 71.8 Å². The second-order valence-electron chi connectivity index (χ2n) is 7.05. The van der Waals surface area contributed by atoms with Crippen LogP contribution in [0.1, 0.15) is 29.9 Å². The van der Waals surface area contributed by atoms with Gasteiger partial charge in [0.2, 0.25) is 5.91 Å². The van der Waals surface area contributed by atoms with Crippen molar-refractivity contribution in [1.29, 1.82) is 0 Å². The lowest BCUT2D eigenvalue weighted by Gasteiger charge is -2.36. The molecule has 0 spiro atoms. The number of nitrogens with one attached hydrogen (secondary N) is 2. The summed E-state index contributed by atoms with van der Waals surface area (Å²) in [6, 6.07) is 20.7. The molecule has 0 unspecified atom stereocenters. The molecule has 2 N–H and O–H groups in total. The van der Waals surface area contributed by atoms with E-state index < -0.39 is 5.41 Å². The summed E-state index contributed by atoms with van der Waals surface area (Å²) in [4.78, 5) is 13.1. The highest BCUT2D eigenvalue weighted by Gasteiger charge is 2.39. The quantitative estimate of drug-likeness (QED) is 0.764. The first-order chi connectivity index (χ1) is 12.7. The zero-order chi connectivity index (χ0) is 18.2. The van der Waals surface area contributed by atoms with Crippen molar-refractivity contribution < 1.29 is 9.53 Å². The van der Waals surface area contributed by atoms with Crippen molar-refractivity contribution in [1.82, 2.24) is 10.6 Å². The van der Waals surface area contributed by atoms with Crippen molar-refractivity contribution in [2.24, 2.45) is 5.41 Å². The summed E-state index contributed by atoms with van der Waals surface area (Å²) >= 11 is 0. The van der Waals surface area contributed by atoms with Crippen molar-refractivity contribution in [2.75, 3.05) is 33.4 Å². The van der Waals surface area contributed by atoms with E-state index in [4.69, 9.17) is 4.74 Å². The van der Waals surface area contributed by atoms with Crippen molar-refractivity contribution in [3.63, 3.8) is 0 Å². The Labute approximate surface area is 168 Å². The molecule has 2 aromatic carbocycles. The van der Waals surface area contributed by atoms with Crippen LogP contribution >= 0.6 is 12.4 Å². The first-order valence-electron chi connectivity index (χ1n) is 9.33. The maximum absolute atomic E-state index is 13.1. The summed E-state index contributed by atoms with van der Waals surface area (Å²) in [5, 5.41) is 6.56. The summed E-state index contributed by atoms with van der Waals surface area (Å²) in [5.74, 6) is 0.250. The van der Waals surface area contributed by atoms with E-state index in [0.717, 1.165) is 25.9 Å². The van der Waals surface area contributed by atoms with Gasteiger partial charge in [0, 0.05) is 19.6 Å². The summed E-state index contributed by atoms with van der Waals surface area (Å²) in [5.41, 5.74) is 2.01. The first-order valence-corrected chi connectivity index (χ1v) is 9.33. The molecule has 5 heteroatoms. The Morgan fingerprint density at radius 1 is 1.04 bits per heavy atom. The fourth-order valence-electron chi connectivity index (χ4n) is 3.80. The summed E-state index contributed by atoms with van der Waals surface area (Å²) in [7, 11) is 1.67. The monoisotopic (exact) mass is 388 g/mol. The lowest BCUT2D eigenvalue weighted by molar-refractivity contribution is -0.136. The Balaban J connectivity index is 0.00000261. The van der Waals surface area contributed by atoms with Gasteiger partial charge in [-0.1, -0.05) is 60.7 Å². The molecule has 1 aliphatic rings. The van der Waals surface area contributed by atoms with Crippen molar-refractivity contribution in [2.45, 2.75) is 18.8 Å². The van der Waals surface area contributed by atoms with Crippen LogP contribution in [0.2, 0.25) is 0 Å². The van der Waals surface area contributed by atoms with E-state index >= 15 is 0 Å². The molecule has 146 valence electrons. The van der Waals surface area contributed by atoms with Gasteiger partial charge in [0.05, 0.1) is 12.0 Å². The van der Waals surface area contributed by atoms with Gasteiger partial charge in [0.1, 0.15) is 0 Å². The average Bonchev–Trinajstić information content (AvgIpc) is 2.70. The Kier molecular flexibility index (Phi) is 8.29. The topological polar surface area (TPSA) is 50.4 Å². The van der Waals surface area contributed by atoms with Gasteiger partial charge in [-0.15, -0.1) is 12.4 Å². The number of ether oxygens (including phenoxy) is 1. The molecule has 0 aromatic heterocycles. The van der Waals surface area contributed by atoms with Gasteiger partial charge in [-0.25, -0.2) is 0 Å². The lowest BCUT2D eigenvalue weighted by Crippen LogP contribution is -2.50. The SMILES string of the molecule is COCC1(C(=O)NCC(c2ccccc2)c2ccccc2)CCNCC1.Cl. The highest BCUT2D eigenvalue weighted by Crippen LogP contribution is 2.30. The maximum Gasteiger partial charge on any atom is 0.228 e. The zero-order valence-corrected chi connectivity index (χ0v) is 16.6. The number of methoxy groups -OCH3 is 1. The number of carbonyl (C=O) groups excluding carboxylic acids is 1. The van der Waals surface area contributed by atoms with Gasteiger partial charge in [-0.2, -0.15) is 0 Å². The highest BCUT2D eigenvalue weighted by atomic mass is 35.5. The number of hydrogen-bond donors (Lipinski definition) is 2. The minimum absolute atomic E-state index is 0. The van der Waals surface area contributed by atoms with Gasteiger partial charge in [0.15, 0.2) is 0 Å². The van der Waals surface area contributed by atoms with Gasteiger partial charge in [-0.05, 0) is 37.1 Å². The molecule has 0 bridgehead atoms. The van der Waals surface area contributed by atoms with Crippen LogP contribution in [-0.4, -0.2) is 39.3 Å². The molecular weight excluding hydrogens is 360 g/mol. The Hall–Kier alpha value is -1.88. The molecule has 0 aliphatic carbocycles. The molecule has 1 amide bonds. The fraction of sp³-hybridized carbons (Fsp3) is 0.409. The van der Waals surface area contributed by atoms with E-state index in [1.54, 1.807) is 7.11 Å². The molecule has 4 nitrogen and oxygen atoms in total. The standard InChI is InChI=1S/C22H28N2O2.ClH/c1-26-17-22(12-14-23-15-13-22)21(25)24-16-20(18-8-4-2-5-9-18)19-10-6-3-7-11-19;/h2-11,20,23H,12-17H2,1H3,(H,24,25);1H. The number of benzene rings is 2. The zero-order valence-electron chi connectivity index (χ0n) is 15.8. The van der Waals surface area contributed by atoms with Crippen LogP contribution < -0.4 is 10.6 Å². The number of hydrogen-bond acceptors (Lipinski definition) is 3. The molecule has 1 fully saturated rings. The van der Waals surface area contributed by atoms with E-state index in [1.807, 2.05) is 36.4 Å². The molecule has 1 saturated heterocycles. The second-order valence-corrected chi connectivity index (χ2v) is 7.05. The first kappa shape index (κ1) is 21.4. The number of carbonyl (C=O) groups is 1.